The molecule has 7 heteroatoms. The number of carboxylic acid groups (broad SMARTS) is 1. The van der Waals surface area contributed by atoms with Gasteiger partial charge in [-0.3, -0.25) is 0 Å². The highest BCUT2D eigenvalue weighted by atomic mass is 79.9. The van der Waals surface area contributed by atoms with E-state index in [1.165, 1.54) is 12.1 Å². The van der Waals surface area contributed by atoms with Crippen LogP contribution in [0.15, 0.2) is 71.2 Å². The summed E-state index contributed by atoms with van der Waals surface area (Å²) in [4.78, 5) is 24.1. The first-order chi connectivity index (χ1) is 14.5. The number of amides is 1. The molecule has 0 saturated heterocycles. The van der Waals surface area contributed by atoms with Crippen LogP contribution in [0.25, 0.3) is 11.1 Å². The molecule has 1 aliphatic rings. The van der Waals surface area contributed by atoms with Crippen LogP contribution in [0.5, 0.6) is 0 Å². The largest absolute Gasteiger partial charge is 0.479 e. The summed E-state index contributed by atoms with van der Waals surface area (Å²) < 4.78 is 19.8. The quantitative estimate of drug-likeness (QED) is 0.534. The van der Waals surface area contributed by atoms with Crippen LogP contribution in [-0.4, -0.2) is 23.8 Å². The highest BCUT2D eigenvalue weighted by Gasteiger charge is 2.31. The number of ether oxygens (including phenoxy) is 1. The van der Waals surface area contributed by atoms with Crippen molar-refractivity contribution in [2.75, 3.05) is 6.61 Å². The molecule has 3 aromatic carbocycles. The number of aliphatic carboxylic acids is 1. The standard InChI is InChI=1S/C23H17BrFNO4/c24-18-10-5-11-19(25)20(18)21(22(27)28)26-23(29)30-12-17-15-8-3-1-6-13(15)14-7-2-4-9-16(14)17/h1-11,17,21H,12H2,(H,26,29)(H,27,28). The van der Waals surface area contributed by atoms with Gasteiger partial charge in [0.2, 0.25) is 0 Å². The number of rotatable bonds is 5. The Labute approximate surface area is 180 Å². The van der Waals surface area contributed by atoms with Crippen LogP contribution in [0.3, 0.4) is 0 Å². The number of alkyl carbamates (subject to hydrolysis) is 1. The van der Waals surface area contributed by atoms with Gasteiger partial charge in [-0.2, -0.15) is 0 Å². The molecule has 1 unspecified atom stereocenters. The van der Waals surface area contributed by atoms with Crippen molar-refractivity contribution in [3.8, 4) is 11.1 Å². The van der Waals surface area contributed by atoms with Crippen LogP contribution in [0, 0.1) is 5.82 Å². The van der Waals surface area contributed by atoms with Crippen molar-refractivity contribution in [1.82, 2.24) is 5.32 Å². The van der Waals surface area contributed by atoms with E-state index in [4.69, 9.17) is 4.74 Å². The third-order valence-corrected chi connectivity index (χ3v) is 5.83. The first-order valence-corrected chi connectivity index (χ1v) is 10.0. The van der Waals surface area contributed by atoms with E-state index < -0.39 is 23.9 Å². The van der Waals surface area contributed by atoms with E-state index in [0.29, 0.717) is 0 Å². The van der Waals surface area contributed by atoms with Crippen molar-refractivity contribution in [3.63, 3.8) is 0 Å². The smallest absolute Gasteiger partial charge is 0.408 e. The van der Waals surface area contributed by atoms with Gasteiger partial charge in [0.1, 0.15) is 12.4 Å². The minimum absolute atomic E-state index is 0.0324. The number of hydrogen-bond acceptors (Lipinski definition) is 3. The zero-order chi connectivity index (χ0) is 21.3. The van der Waals surface area contributed by atoms with Crippen LogP contribution in [-0.2, 0) is 9.53 Å². The van der Waals surface area contributed by atoms with Crippen molar-refractivity contribution in [3.05, 3.63) is 93.7 Å². The number of halogens is 2. The lowest BCUT2D eigenvalue weighted by molar-refractivity contribution is -0.139. The molecular formula is C23H17BrFNO4. The molecule has 2 N–H and O–H groups in total. The molecule has 0 heterocycles. The molecule has 1 amide bonds. The lowest BCUT2D eigenvalue weighted by Gasteiger charge is -2.19. The molecule has 0 bridgehead atoms. The third-order valence-electron chi connectivity index (χ3n) is 5.14. The Morgan fingerprint density at radius 1 is 1.00 bits per heavy atom. The van der Waals surface area contributed by atoms with Crippen molar-refractivity contribution in [1.29, 1.82) is 0 Å². The van der Waals surface area contributed by atoms with E-state index in [9.17, 15) is 19.1 Å². The molecule has 0 saturated carbocycles. The minimum Gasteiger partial charge on any atom is -0.479 e. The summed E-state index contributed by atoms with van der Waals surface area (Å²) in [5, 5.41) is 11.8. The summed E-state index contributed by atoms with van der Waals surface area (Å²) in [7, 11) is 0. The number of carbonyl (C=O) groups is 2. The van der Waals surface area contributed by atoms with E-state index >= 15 is 0 Å². The topological polar surface area (TPSA) is 75.6 Å². The zero-order valence-electron chi connectivity index (χ0n) is 15.6. The Kier molecular flexibility index (Phi) is 5.55. The lowest BCUT2D eigenvalue weighted by Crippen LogP contribution is -2.35. The van der Waals surface area contributed by atoms with Gasteiger partial charge < -0.3 is 15.2 Å². The average Bonchev–Trinajstić information content (AvgIpc) is 3.05. The van der Waals surface area contributed by atoms with Gasteiger partial charge in [0.05, 0.1) is 0 Å². The Morgan fingerprint density at radius 3 is 2.17 bits per heavy atom. The van der Waals surface area contributed by atoms with Crippen molar-refractivity contribution in [2.24, 2.45) is 0 Å². The lowest BCUT2D eigenvalue weighted by atomic mass is 9.98. The number of fused-ring (bicyclic) bond motifs is 3. The maximum atomic E-state index is 14.2. The Hall–Kier alpha value is -3.19. The van der Waals surface area contributed by atoms with Gasteiger partial charge >= 0.3 is 12.1 Å². The van der Waals surface area contributed by atoms with Gasteiger partial charge in [-0.05, 0) is 34.4 Å². The van der Waals surface area contributed by atoms with Crippen molar-refractivity contribution < 1.29 is 23.8 Å². The average molecular weight is 470 g/mol. The molecule has 4 rings (SSSR count). The summed E-state index contributed by atoms with van der Waals surface area (Å²) in [5.41, 5.74) is 4.08. The summed E-state index contributed by atoms with van der Waals surface area (Å²) in [6, 6.07) is 18.3. The monoisotopic (exact) mass is 469 g/mol. The van der Waals surface area contributed by atoms with Crippen LogP contribution < -0.4 is 5.32 Å². The summed E-state index contributed by atoms with van der Waals surface area (Å²) in [6.07, 6.45) is -0.931. The van der Waals surface area contributed by atoms with E-state index in [-0.39, 0.29) is 22.6 Å². The second-order valence-corrected chi connectivity index (χ2v) is 7.73. The normalized spacial score (nSPS) is 13.3. The van der Waals surface area contributed by atoms with E-state index in [1.807, 2.05) is 48.5 Å². The molecule has 0 radical (unpaired) electrons. The first kappa shape index (κ1) is 20.1. The fraction of sp³-hybridized carbons (Fsp3) is 0.130. The van der Waals surface area contributed by atoms with Crippen molar-refractivity contribution in [2.45, 2.75) is 12.0 Å². The van der Waals surface area contributed by atoms with E-state index in [1.54, 1.807) is 0 Å². The molecular weight excluding hydrogens is 453 g/mol. The molecule has 152 valence electrons. The van der Waals surface area contributed by atoms with Crippen LogP contribution in [0.1, 0.15) is 28.7 Å². The van der Waals surface area contributed by atoms with Gasteiger partial charge in [-0.25, -0.2) is 14.0 Å². The SMILES string of the molecule is O=C(NC(C(=O)O)c1c(F)cccc1Br)OCC1c2ccccc2-c2ccccc21. The molecule has 0 aliphatic heterocycles. The molecule has 5 nitrogen and oxygen atoms in total. The predicted molar refractivity (Wildman–Crippen MR) is 113 cm³/mol. The number of hydrogen-bond donors (Lipinski definition) is 2. The zero-order valence-corrected chi connectivity index (χ0v) is 17.2. The fourth-order valence-electron chi connectivity index (χ4n) is 3.80. The highest BCUT2D eigenvalue weighted by Crippen LogP contribution is 2.44. The molecule has 0 aromatic heterocycles. The van der Waals surface area contributed by atoms with Crippen LogP contribution in [0.2, 0.25) is 0 Å². The molecule has 0 spiro atoms. The van der Waals surface area contributed by atoms with Crippen LogP contribution in [0.4, 0.5) is 9.18 Å². The third kappa shape index (κ3) is 3.68. The molecule has 1 aliphatic carbocycles. The molecule has 30 heavy (non-hydrogen) atoms. The van der Waals surface area contributed by atoms with Crippen molar-refractivity contribution >= 4 is 28.0 Å². The first-order valence-electron chi connectivity index (χ1n) is 9.25. The van der Waals surface area contributed by atoms with E-state index in [0.717, 1.165) is 28.3 Å². The van der Waals surface area contributed by atoms with Gasteiger partial charge in [0, 0.05) is 16.0 Å². The van der Waals surface area contributed by atoms with Crippen LogP contribution >= 0.6 is 15.9 Å². The number of carboxylic acids is 1. The summed E-state index contributed by atoms with van der Waals surface area (Å²) >= 11 is 3.14. The highest BCUT2D eigenvalue weighted by molar-refractivity contribution is 9.10. The number of benzene rings is 3. The Bertz CT molecular complexity index is 1070. The maximum Gasteiger partial charge on any atom is 0.408 e. The number of nitrogens with one attached hydrogen (secondary N) is 1. The number of carbonyl (C=O) groups excluding carboxylic acids is 1. The Balaban J connectivity index is 1.52. The molecule has 1 atom stereocenters. The molecule has 3 aromatic rings. The summed E-state index contributed by atoms with van der Waals surface area (Å²) in [6.45, 7) is 0.0324. The predicted octanol–water partition coefficient (Wildman–Crippen LogP) is 5.25. The Morgan fingerprint density at radius 2 is 1.60 bits per heavy atom. The molecule has 0 fully saturated rings. The summed E-state index contributed by atoms with van der Waals surface area (Å²) in [5.74, 6) is -2.29. The van der Waals surface area contributed by atoms with E-state index in [2.05, 4.69) is 21.2 Å². The van der Waals surface area contributed by atoms with Gasteiger partial charge in [0.25, 0.3) is 0 Å². The maximum absolute atomic E-state index is 14.2. The van der Waals surface area contributed by atoms with Gasteiger partial charge in [-0.15, -0.1) is 0 Å². The second kappa shape index (κ2) is 8.28. The second-order valence-electron chi connectivity index (χ2n) is 6.88. The fourth-order valence-corrected chi connectivity index (χ4v) is 4.37. The van der Waals surface area contributed by atoms with Gasteiger partial charge in [0.15, 0.2) is 6.04 Å². The van der Waals surface area contributed by atoms with Gasteiger partial charge in [-0.1, -0.05) is 70.5 Å². The minimum atomic E-state index is -1.59.